The quantitative estimate of drug-likeness (QED) is 0.396. The van der Waals surface area contributed by atoms with Crippen LogP contribution in [0.2, 0.25) is 0 Å². The highest BCUT2D eigenvalue weighted by Gasteiger charge is 1.90. The summed E-state index contributed by atoms with van der Waals surface area (Å²) in [5.41, 5.74) is 1.53. The molecule has 1 aromatic carbocycles. The van der Waals surface area contributed by atoms with Crippen molar-refractivity contribution in [2.24, 2.45) is 0 Å². The molecule has 0 saturated heterocycles. The Bertz CT molecular complexity index is 626. The summed E-state index contributed by atoms with van der Waals surface area (Å²) in [6.45, 7) is 22.7. The number of carboxylic acid groups (broad SMARTS) is 2. The lowest BCUT2D eigenvalue weighted by atomic mass is 10.2. The Hall–Kier alpha value is -3.91. The Balaban J connectivity index is -0.000000133. The van der Waals surface area contributed by atoms with E-state index in [1.807, 2.05) is 36.4 Å². The molecule has 0 spiro atoms. The first-order valence-electron chi connectivity index (χ1n) is 7.74. The minimum atomic E-state index is -0.935. The van der Waals surface area contributed by atoms with Crippen LogP contribution in [-0.4, -0.2) is 22.2 Å². The maximum absolute atomic E-state index is 9.60. The van der Waals surface area contributed by atoms with E-state index in [-0.39, 0.29) is 11.1 Å². The van der Waals surface area contributed by atoms with E-state index in [0.717, 1.165) is 0 Å². The number of rotatable bonds is 4. The molecular weight excluding hydrogens is 354 g/mol. The van der Waals surface area contributed by atoms with Crippen molar-refractivity contribution < 1.29 is 19.8 Å². The van der Waals surface area contributed by atoms with Gasteiger partial charge in [-0.05, 0) is 19.4 Å². The van der Waals surface area contributed by atoms with Crippen molar-refractivity contribution in [3.63, 3.8) is 0 Å². The molecule has 0 heterocycles. The summed E-state index contributed by atoms with van der Waals surface area (Å²) in [6, 6.07) is 11.7. The Morgan fingerprint density at radius 3 is 1.29 bits per heavy atom. The molecule has 0 aliphatic rings. The summed E-state index contributed by atoms with van der Waals surface area (Å²) in [5, 5.41) is 23.3. The number of benzene rings is 1. The van der Waals surface area contributed by atoms with E-state index in [1.165, 1.54) is 25.5 Å². The van der Waals surface area contributed by atoms with E-state index >= 15 is 0 Å². The number of aliphatic carboxylic acids is 2. The minimum absolute atomic E-state index is 0.176. The summed E-state index contributed by atoms with van der Waals surface area (Å²) in [4.78, 5) is 19.2. The second-order valence-corrected chi connectivity index (χ2v) is 4.59. The zero-order valence-electron chi connectivity index (χ0n) is 16.6. The van der Waals surface area contributed by atoms with Crippen molar-refractivity contribution in [3.8, 4) is 6.07 Å². The normalized spacial score (nSPS) is 6.89. The summed E-state index contributed by atoms with van der Waals surface area (Å²) < 4.78 is 0. The number of nitrogens with zero attached hydrogens (tertiary/aromatic N) is 1. The number of carbonyl (C=O) groups is 2. The van der Waals surface area contributed by atoms with Crippen molar-refractivity contribution in [2.45, 2.75) is 13.8 Å². The van der Waals surface area contributed by atoms with Crippen LogP contribution in [0.4, 0.5) is 0 Å². The first kappa shape index (κ1) is 31.8. The fourth-order valence-electron chi connectivity index (χ4n) is 0.589. The highest BCUT2D eigenvalue weighted by Crippen LogP contribution is 1.97. The van der Waals surface area contributed by atoms with Crippen LogP contribution in [0.5, 0.6) is 0 Å². The van der Waals surface area contributed by atoms with Crippen LogP contribution in [-0.2, 0) is 9.59 Å². The van der Waals surface area contributed by atoms with Crippen LogP contribution < -0.4 is 0 Å². The molecule has 1 rings (SSSR count). The van der Waals surface area contributed by atoms with Gasteiger partial charge < -0.3 is 10.2 Å². The van der Waals surface area contributed by atoms with Gasteiger partial charge in [0.2, 0.25) is 0 Å². The number of nitriles is 1. The van der Waals surface area contributed by atoms with Crippen LogP contribution in [0.25, 0.3) is 6.08 Å². The third-order valence-electron chi connectivity index (χ3n) is 2.02. The topological polar surface area (TPSA) is 98.4 Å². The minimum Gasteiger partial charge on any atom is -0.478 e. The van der Waals surface area contributed by atoms with Crippen molar-refractivity contribution in [1.29, 1.82) is 5.26 Å². The molecule has 0 aliphatic carbocycles. The standard InChI is InChI=1S/C8H8.2C4H6O2.C4H6.C3H3N/c1-2-8-6-4-3-5-7-8;2*1-3(2)4(5)6;1-3-4-2;1-2-3-4/h2-7H,1H2;2*1H2,2H3,(H,5,6);3-4H,1-2H2;2H,1H2. The Morgan fingerprint density at radius 2 is 1.18 bits per heavy atom. The molecular formula is C23H29NO4. The number of hydrogen-bond acceptors (Lipinski definition) is 3. The van der Waals surface area contributed by atoms with Crippen LogP contribution in [0.3, 0.4) is 0 Å². The molecule has 28 heavy (non-hydrogen) atoms. The largest absolute Gasteiger partial charge is 0.478 e. The van der Waals surface area contributed by atoms with E-state index in [0.29, 0.717) is 0 Å². The van der Waals surface area contributed by atoms with Gasteiger partial charge in [0.25, 0.3) is 0 Å². The number of hydrogen-bond donors (Lipinski definition) is 2. The van der Waals surface area contributed by atoms with Crippen molar-refractivity contribution >= 4 is 18.0 Å². The van der Waals surface area contributed by atoms with Gasteiger partial charge in [0.05, 0.1) is 6.07 Å². The van der Waals surface area contributed by atoms with Gasteiger partial charge in [-0.2, -0.15) is 5.26 Å². The van der Waals surface area contributed by atoms with E-state index in [4.69, 9.17) is 15.5 Å². The lowest BCUT2D eigenvalue weighted by molar-refractivity contribution is -0.133. The molecule has 0 unspecified atom stereocenters. The average Bonchev–Trinajstić information content (AvgIpc) is 2.69. The molecule has 5 nitrogen and oxygen atoms in total. The van der Waals surface area contributed by atoms with Crippen LogP contribution in [0.1, 0.15) is 19.4 Å². The molecule has 150 valence electrons. The molecule has 5 heteroatoms. The van der Waals surface area contributed by atoms with Gasteiger partial charge in [-0.25, -0.2) is 9.59 Å². The fourth-order valence-corrected chi connectivity index (χ4v) is 0.589. The van der Waals surface area contributed by atoms with Crippen molar-refractivity contribution in [1.82, 2.24) is 0 Å². The second-order valence-electron chi connectivity index (χ2n) is 4.59. The van der Waals surface area contributed by atoms with Gasteiger partial charge in [-0.1, -0.05) is 88.0 Å². The summed E-state index contributed by atoms with van der Waals surface area (Å²) in [6.07, 6.45) is 6.29. The van der Waals surface area contributed by atoms with E-state index < -0.39 is 11.9 Å². The molecule has 0 atom stereocenters. The van der Waals surface area contributed by atoms with Gasteiger partial charge in [-0.15, -0.1) is 0 Å². The van der Waals surface area contributed by atoms with E-state index in [1.54, 1.807) is 18.2 Å². The van der Waals surface area contributed by atoms with Crippen LogP contribution in [0, 0.1) is 11.3 Å². The number of allylic oxidation sites excluding steroid dienone is 3. The zero-order chi connectivity index (χ0) is 23.0. The highest BCUT2D eigenvalue weighted by atomic mass is 16.4. The molecule has 0 fully saturated rings. The third-order valence-corrected chi connectivity index (χ3v) is 2.02. The summed E-state index contributed by atoms with van der Waals surface area (Å²) >= 11 is 0. The van der Waals surface area contributed by atoms with Crippen LogP contribution >= 0.6 is 0 Å². The van der Waals surface area contributed by atoms with Crippen molar-refractivity contribution in [2.75, 3.05) is 0 Å². The Labute approximate surface area is 168 Å². The zero-order valence-corrected chi connectivity index (χ0v) is 16.6. The Morgan fingerprint density at radius 1 is 0.893 bits per heavy atom. The first-order valence-corrected chi connectivity index (χ1v) is 7.74. The maximum Gasteiger partial charge on any atom is 0.330 e. The van der Waals surface area contributed by atoms with Gasteiger partial charge in [0, 0.05) is 17.2 Å². The lowest BCUT2D eigenvalue weighted by Gasteiger charge is -1.85. The van der Waals surface area contributed by atoms with E-state index in [9.17, 15) is 9.59 Å². The average molecular weight is 383 g/mol. The molecule has 1 aromatic rings. The first-order chi connectivity index (χ1) is 13.0. The highest BCUT2D eigenvalue weighted by molar-refractivity contribution is 5.85. The predicted molar refractivity (Wildman–Crippen MR) is 118 cm³/mol. The Kier molecular flexibility index (Phi) is 28.8. The van der Waals surface area contributed by atoms with Gasteiger partial charge in [-0.3, -0.25) is 0 Å². The molecule has 0 bridgehead atoms. The van der Waals surface area contributed by atoms with Crippen molar-refractivity contribution in [3.05, 3.63) is 105 Å². The van der Waals surface area contributed by atoms with E-state index in [2.05, 4.69) is 39.5 Å². The fraction of sp³-hybridized carbons (Fsp3) is 0.0870. The molecule has 0 aliphatic heterocycles. The summed E-state index contributed by atoms with van der Waals surface area (Å²) in [5.74, 6) is -1.87. The SMILES string of the molecule is C=C(C)C(=O)O.C=C(C)C(=O)O.C=CC#N.C=CC=C.C=Cc1ccccc1. The predicted octanol–water partition coefficient (Wildman–Crippen LogP) is 5.68. The van der Waals surface area contributed by atoms with Gasteiger partial charge >= 0.3 is 11.9 Å². The third kappa shape index (κ3) is 38.0. The monoisotopic (exact) mass is 383 g/mol. The molecule has 0 saturated carbocycles. The molecule has 0 amide bonds. The number of carboxylic acids is 2. The molecule has 0 aromatic heterocycles. The molecule has 0 radical (unpaired) electrons. The van der Waals surface area contributed by atoms with Gasteiger partial charge in [0.15, 0.2) is 0 Å². The van der Waals surface area contributed by atoms with Gasteiger partial charge in [0.1, 0.15) is 0 Å². The maximum atomic E-state index is 9.60. The second kappa shape index (κ2) is 25.3. The summed E-state index contributed by atoms with van der Waals surface area (Å²) in [7, 11) is 0. The smallest absolute Gasteiger partial charge is 0.330 e. The lowest BCUT2D eigenvalue weighted by Crippen LogP contribution is -1.92. The van der Waals surface area contributed by atoms with Crippen LogP contribution in [0.15, 0.2) is 99.2 Å². The molecule has 2 N–H and O–H groups in total.